The number of hydrogen-bond acceptors (Lipinski definition) is 3. The maximum atomic E-state index is 13.1. The minimum atomic E-state index is -4.88. The van der Waals surface area contributed by atoms with Gasteiger partial charge in [0.2, 0.25) is 6.10 Å². The summed E-state index contributed by atoms with van der Waals surface area (Å²) in [6.45, 7) is 1.86. The number of ether oxygens (including phenoxy) is 2. The standard InChI is InChI=1S/C18H12ClF3O4/c1-9-3-2-4-11(5-9)25-15-8-14-10(7-13(15)19)6-12(17(23)24)16(26-14)18(20,21)22/h2-8,16H,1H3,(H,23,24). The molecule has 1 unspecified atom stereocenters. The van der Waals surface area contributed by atoms with Crippen LogP contribution in [0.5, 0.6) is 17.2 Å². The molecule has 2 aromatic carbocycles. The molecular weight excluding hydrogens is 373 g/mol. The quantitative estimate of drug-likeness (QED) is 0.787. The van der Waals surface area contributed by atoms with Crippen molar-refractivity contribution in [2.75, 3.05) is 0 Å². The van der Waals surface area contributed by atoms with Crippen molar-refractivity contribution < 1.29 is 32.5 Å². The van der Waals surface area contributed by atoms with Crippen LogP contribution in [-0.4, -0.2) is 23.4 Å². The lowest BCUT2D eigenvalue weighted by Gasteiger charge is -2.27. The Balaban J connectivity index is 2.01. The Bertz CT molecular complexity index is 906. The molecule has 0 radical (unpaired) electrons. The van der Waals surface area contributed by atoms with E-state index in [1.807, 2.05) is 13.0 Å². The van der Waals surface area contributed by atoms with Gasteiger partial charge in [0.05, 0.1) is 10.6 Å². The Morgan fingerprint density at radius 1 is 1.27 bits per heavy atom. The molecule has 3 rings (SSSR count). The lowest BCUT2D eigenvalue weighted by atomic mass is 10.0. The molecule has 1 heterocycles. The number of carboxylic acids is 1. The van der Waals surface area contributed by atoms with Crippen LogP contribution in [0, 0.1) is 6.92 Å². The summed E-state index contributed by atoms with van der Waals surface area (Å²) in [5.74, 6) is -1.32. The Morgan fingerprint density at radius 2 is 2.00 bits per heavy atom. The zero-order valence-corrected chi connectivity index (χ0v) is 14.1. The van der Waals surface area contributed by atoms with E-state index in [1.165, 1.54) is 12.1 Å². The summed E-state index contributed by atoms with van der Waals surface area (Å²) in [7, 11) is 0. The van der Waals surface area contributed by atoms with Gasteiger partial charge in [-0.2, -0.15) is 13.2 Å². The van der Waals surface area contributed by atoms with Crippen LogP contribution in [0.25, 0.3) is 6.08 Å². The van der Waals surface area contributed by atoms with Gasteiger partial charge in [-0.05, 0) is 36.8 Å². The van der Waals surface area contributed by atoms with Crippen molar-refractivity contribution in [2.24, 2.45) is 0 Å². The van der Waals surface area contributed by atoms with Gasteiger partial charge in [0.1, 0.15) is 17.2 Å². The fraction of sp³-hybridized carbons (Fsp3) is 0.167. The van der Waals surface area contributed by atoms with E-state index in [0.29, 0.717) is 5.75 Å². The average molecular weight is 385 g/mol. The lowest BCUT2D eigenvalue weighted by molar-refractivity contribution is -0.187. The summed E-state index contributed by atoms with van der Waals surface area (Å²) in [6.07, 6.45) is -6.54. The average Bonchev–Trinajstić information content (AvgIpc) is 2.53. The number of carboxylic acid groups (broad SMARTS) is 1. The third kappa shape index (κ3) is 3.62. The molecule has 0 fully saturated rings. The van der Waals surface area contributed by atoms with Crippen molar-refractivity contribution in [2.45, 2.75) is 19.2 Å². The van der Waals surface area contributed by atoms with Crippen molar-refractivity contribution >= 4 is 23.6 Å². The summed E-state index contributed by atoms with van der Waals surface area (Å²) in [4.78, 5) is 11.1. The van der Waals surface area contributed by atoms with Gasteiger partial charge in [-0.25, -0.2) is 4.79 Å². The molecule has 0 bridgehead atoms. The summed E-state index contributed by atoms with van der Waals surface area (Å²) in [5, 5.41) is 9.15. The van der Waals surface area contributed by atoms with E-state index in [0.717, 1.165) is 11.6 Å². The monoisotopic (exact) mass is 384 g/mol. The van der Waals surface area contributed by atoms with Crippen molar-refractivity contribution in [1.82, 2.24) is 0 Å². The zero-order chi connectivity index (χ0) is 19.1. The third-order valence-electron chi connectivity index (χ3n) is 3.66. The molecule has 4 nitrogen and oxygen atoms in total. The summed E-state index contributed by atoms with van der Waals surface area (Å²) >= 11 is 6.13. The topological polar surface area (TPSA) is 55.8 Å². The highest BCUT2D eigenvalue weighted by Crippen LogP contribution is 2.42. The molecule has 1 atom stereocenters. The molecule has 1 N–H and O–H groups in total. The predicted molar refractivity (Wildman–Crippen MR) is 88.8 cm³/mol. The van der Waals surface area contributed by atoms with E-state index in [4.69, 9.17) is 26.2 Å². The molecule has 0 aliphatic carbocycles. The van der Waals surface area contributed by atoms with Crippen molar-refractivity contribution in [3.05, 3.63) is 58.1 Å². The highest BCUT2D eigenvalue weighted by molar-refractivity contribution is 6.32. The zero-order valence-electron chi connectivity index (χ0n) is 13.3. The Labute approximate surface area is 151 Å². The van der Waals surface area contributed by atoms with Crippen molar-refractivity contribution in [1.29, 1.82) is 0 Å². The second-order valence-corrected chi connectivity index (χ2v) is 6.09. The van der Waals surface area contributed by atoms with Crippen LogP contribution in [0.3, 0.4) is 0 Å². The highest BCUT2D eigenvalue weighted by atomic mass is 35.5. The molecule has 1 aliphatic rings. The van der Waals surface area contributed by atoms with Crippen LogP contribution >= 0.6 is 11.6 Å². The van der Waals surface area contributed by atoms with Gasteiger partial charge in [-0.3, -0.25) is 0 Å². The molecule has 26 heavy (non-hydrogen) atoms. The number of halogens is 4. The first kappa shape index (κ1) is 18.1. The second-order valence-electron chi connectivity index (χ2n) is 5.68. The molecule has 0 amide bonds. The van der Waals surface area contributed by atoms with Crippen LogP contribution in [0.1, 0.15) is 11.1 Å². The molecule has 0 aromatic heterocycles. The Hall–Kier alpha value is -2.67. The van der Waals surface area contributed by atoms with E-state index in [1.54, 1.807) is 18.2 Å². The van der Waals surface area contributed by atoms with Crippen LogP contribution in [0.4, 0.5) is 13.2 Å². The number of benzene rings is 2. The van der Waals surface area contributed by atoms with E-state index in [9.17, 15) is 18.0 Å². The van der Waals surface area contributed by atoms with Gasteiger partial charge >= 0.3 is 12.1 Å². The number of alkyl halides is 3. The van der Waals surface area contributed by atoms with Gasteiger partial charge in [0.25, 0.3) is 0 Å². The van der Waals surface area contributed by atoms with E-state index in [-0.39, 0.29) is 22.1 Å². The van der Waals surface area contributed by atoms with Gasteiger partial charge in [-0.1, -0.05) is 23.7 Å². The van der Waals surface area contributed by atoms with Crippen LogP contribution in [0.2, 0.25) is 5.02 Å². The molecule has 2 aromatic rings. The molecule has 1 aliphatic heterocycles. The molecule has 136 valence electrons. The summed E-state index contributed by atoms with van der Waals surface area (Å²) < 4.78 is 49.9. The normalized spacial score (nSPS) is 16.3. The lowest BCUT2D eigenvalue weighted by Crippen LogP contribution is -2.40. The minimum Gasteiger partial charge on any atom is -0.478 e. The van der Waals surface area contributed by atoms with Gasteiger partial charge in [0, 0.05) is 11.6 Å². The fourth-order valence-corrected chi connectivity index (χ4v) is 2.71. The first-order valence-corrected chi connectivity index (χ1v) is 7.79. The highest BCUT2D eigenvalue weighted by Gasteiger charge is 2.48. The first-order valence-electron chi connectivity index (χ1n) is 7.41. The van der Waals surface area contributed by atoms with Crippen molar-refractivity contribution in [3.63, 3.8) is 0 Å². The van der Waals surface area contributed by atoms with Gasteiger partial charge in [0.15, 0.2) is 0 Å². The molecule has 0 spiro atoms. The maximum absolute atomic E-state index is 13.1. The summed E-state index contributed by atoms with van der Waals surface area (Å²) in [5.41, 5.74) is 0.150. The van der Waals surface area contributed by atoms with E-state index < -0.39 is 23.8 Å². The van der Waals surface area contributed by atoms with Crippen molar-refractivity contribution in [3.8, 4) is 17.2 Å². The molecule has 0 saturated carbocycles. The Morgan fingerprint density at radius 3 is 2.62 bits per heavy atom. The molecule has 0 saturated heterocycles. The SMILES string of the molecule is Cc1cccc(Oc2cc3c(cc2Cl)C=C(C(=O)O)C(C(F)(F)F)O3)c1. The number of carbonyl (C=O) groups is 1. The van der Waals surface area contributed by atoms with Gasteiger partial charge in [-0.15, -0.1) is 0 Å². The Kier molecular flexibility index (Phi) is 4.58. The number of rotatable bonds is 3. The number of fused-ring (bicyclic) bond motifs is 1. The second kappa shape index (κ2) is 6.57. The third-order valence-corrected chi connectivity index (χ3v) is 3.96. The molecular formula is C18H12ClF3O4. The molecule has 8 heteroatoms. The number of aliphatic carboxylic acids is 1. The summed E-state index contributed by atoms with van der Waals surface area (Å²) in [6, 6.07) is 9.54. The largest absolute Gasteiger partial charge is 0.478 e. The van der Waals surface area contributed by atoms with Crippen LogP contribution < -0.4 is 9.47 Å². The van der Waals surface area contributed by atoms with Crippen LogP contribution in [-0.2, 0) is 4.79 Å². The fourth-order valence-electron chi connectivity index (χ4n) is 2.50. The maximum Gasteiger partial charge on any atom is 0.430 e. The first-order chi connectivity index (χ1) is 12.1. The van der Waals surface area contributed by atoms with Crippen LogP contribution in [0.15, 0.2) is 42.0 Å². The predicted octanol–water partition coefficient (Wildman–Crippen LogP) is 5.23. The minimum absolute atomic E-state index is 0.101. The van der Waals surface area contributed by atoms with E-state index >= 15 is 0 Å². The smallest absolute Gasteiger partial charge is 0.430 e. The van der Waals surface area contributed by atoms with Gasteiger partial charge < -0.3 is 14.6 Å². The number of aryl methyl sites for hydroxylation is 1. The number of hydrogen-bond donors (Lipinski definition) is 1. The van der Waals surface area contributed by atoms with E-state index in [2.05, 4.69) is 0 Å².